The van der Waals surface area contributed by atoms with Gasteiger partial charge in [0.2, 0.25) is 0 Å². The van der Waals surface area contributed by atoms with Gasteiger partial charge in [-0.25, -0.2) is 4.90 Å². The van der Waals surface area contributed by atoms with E-state index >= 15 is 0 Å². The van der Waals surface area contributed by atoms with Gasteiger partial charge in [0.15, 0.2) is 0 Å². The van der Waals surface area contributed by atoms with Crippen LogP contribution in [0.15, 0.2) is 72.4 Å². The van der Waals surface area contributed by atoms with Gasteiger partial charge >= 0.3 is 0 Å². The van der Waals surface area contributed by atoms with E-state index in [-0.39, 0.29) is 11.6 Å². The molecule has 0 atom stereocenters. The van der Waals surface area contributed by atoms with E-state index in [1.807, 2.05) is 39.0 Å². The summed E-state index contributed by atoms with van der Waals surface area (Å²) in [5.41, 5.74) is 4.60. The average Bonchev–Trinajstić information content (AvgIpc) is 3.06. The average molecular weight is 443 g/mol. The summed E-state index contributed by atoms with van der Waals surface area (Å²) in [5, 5.41) is 3.17. The molecule has 6 heteroatoms. The standard InChI is InChI=1S/C27H26N2O4/c1-5-33-23-14-10-21(11-15-23)29-26(30)24(19-7-6-17(2)18(3)16-19)25(27(29)31)28-20-8-12-22(32-4)13-9-20/h6-16,28H,5H2,1-4H3. The number of anilines is 2. The van der Waals surface area contributed by atoms with Gasteiger partial charge in [-0.2, -0.15) is 0 Å². The molecule has 1 aliphatic rings. The maximum atomic E-state index is 13.6. The fourth-order valence-electron chi connectivity index (χ4n) is 3.72. The smallest absolute Gasteiger partial charge is 0.282 e. The lowest BCUT2D eigenvalue weighted by atomic mass is 9.99. The Labute approximate surface area is 193 Å². The van der Waals surface area contributed by atoms with Crippen molar-refractivity contribution in [3.8, 4) is 11.5 Å². The van der Waals surface area contributed by atoms with E-state index < -0.39 is 5.91 Å². The highest BCUT2D eigenvalue weighted by Gasteiger charge is 2.40. The molecule has 0 spiro atoms. The minimum atomic E-state index is -0.409. The first kappa shape index (κ1) is 22.1. The molecule has 0 radical (unpaired) electrons. The molecule has 6 nitrogen and oxygen atoms in total. The van der Waals surface area contributed by atoms with Gasteiger partial charge in [-0.1, -0.05) is 18.2 Å². The minimum absolute atomic E-state index is 0.238. The van der Waals surface area contributed by atoms with Crippen LogP contribution in [0.1, 0.15) is 23.6 Å². The predicted molar refractivity (Wildman–Crippen MR) is 130 cm³/mol. The maximum absolute atomic E-state index is 13.6. The monoisotopic (exact) mass is 442 g/mol. The largest absolute Gasteiger partial charge is 0.497 e. The number of amides is 2. The Bertz CT molecular complexity index is 1230. The van der Waals surface area contributed by atoms with Crippen LogP contribution in [-0.2, 0) is 9.59 Å². The second kappa shape index (κ2) is 9.20. The third-order valence-corrected chi connectivity index (χ3v) is 5.64. The van der Waals surface area contributed by atoms with Gasteiger partial charge < -0.3 is 14.8 Å². The molecular formula is C27H26N2O4. The molecule has 3 aromatic carbocycles. The molecule has 33 heavy (non-hydrogen) atoms. The van der Waals surface area contributed by atoms with E-state index in [9.17, 15) is 9.59 Å². The van der Waals surface area contributed by atoms with E-state index in [0.29, 0.717) is 40.6 Å². The number of benzene rings is 3. The van der Waals surface area contributed by atoms with Gasteiger partial charge in [-0.3, -0.25) is 9.59 Å². The number of carbonyl (C=O) groups is 2. The number of hydrogen-bond donors (Lipinski definition) is 1. The number of nitrogens with zero attached hydrogens (tertiary/aromatic N) is 1. The summed E-state index contributed by atoms with van der Waals surface area (Å²) in [5.74, 6) is 0.602. The van der Waals surface area contributed by atoms with Crippen molar-refractivity contribution in [1.29, 1.82) is 0 Å². The zero-order valence-corrected chi connectivity index (χ0v) is 19.1. The molecular weight excluding hydrogens is 416 g/mol. The summed E-state index contributed by atoms with van der Waals surface area (Å²) in [6, 6.07) is 19.9. The van der Waals surface area contributed by atoms with Gasteiger partial charge in [-0.05, 0) is 86.0 Å². The van der Waals surface area contributed by atoms with Crippen LogP contribution in [0.4, 0.5) is 11.4 Å². The van der Waals surface area contributed by atoms with Crippen LogP contribution in [-0.4, -0.2) is 25.5 Å². The highest BCUT2D eigenvalue weighted by molar-refractivity contribution is 6.46. The molecule has 1 heterocycles. The minimum Gasteiger partial charge on any atom is -0.497 e. The van der Waals surface area contributed by atoms with Crippen molar-refractivity contribution in [2.24, 2.45) is 0 Å². The van der Waals surface area contributed by atoms with Crippen molar-refractivity contribution in [3.05, 3.63) is 89.1 Å². The number of imide groups is 1. The molecule has 168 valence electrons. The van der Waals surface area contributed by atoms with E-state index in [1.54, 1.807) is 55.6 Å². The third-order valence-electron chi connectivity index (χ3n) is 5.64. The Morgan fingerprint density at radius 2 is 1.48 bits per heavy atom. The van der Waals surface area contributed by atoms with Crippen LogP contribution in [0, 0.1) is 13.8 Å². The van der Waals surface area contributed by atoms with Crippen molar-refractivity contribution < 1.29 is 19.1 Å². The maximum Gasteiger partial charge on any atom is 0.282 e. The summed E-state index contributed by atoms with van der Waals surface area (Å²) in [4.78, 5) is 28.3. The van der Waals surface area contributed by atoms with E-state index in [4.69, 9.17) is 9.47 Å². The molecule has 0 fully saturated rings. The molecule has 4 rings (SSSR count). The lowest BCUT2D eigenvalue weighted by molar-refractivity contribution is -0.120. The summed E-state index contributed by atoms with van der Waals surface area (Å²) in [6.45, 7) is 6.44. The Morgan fingerprint density at radius 3 is 2.09 bits per heavy atom. The first-order valence-corrected chi connectivity index (χ1v) is 10.8. The zero-order chi connectivity index (χ0) is 23.5. The van der Waals surface area contributed by atoms with Crippen LogP contribution in [0.3, 0.4) is 0 Å². The van der Waals surface area contributed by atoms with Crippen LogP contribution in [0.25, 0.3) is 5.57 Å². The topological polar surface area (TPSA) is 67.9 Å². The van der Waals surface area contributed by atoms with Crippen molar-refractivity contribution in [1.82, 2.24) is 0 Å². The van der Waals surface area contributed by atoms with Crippen LogP contribution in [0.5, 0.6) is 11.5 Å². The number of nitrogens with one attached hydrogen (secondary N) is 1. The van der Waals surface area contributed by atoms with Gasteiger partial charge in [-0.15, -0.1) is 0 Å². The predicted octanol–water partition coefficient (Wildman–Crippen LogP) is 5.11. The molecule has 3 aromatic rings. The van der Waals surface area contributed by atoms with Crippen molar-refractivity contribution in [2.75, 3.05) is 23.9 Å². The Hall–Kier alpha value is -4.06. The number of methoxy groups -OCH3 is 1. The lowest BCUT2D eigenvalue weighted by Gasteiger charge is -2.16. The van der Waals surface area contributed by atoms with Crippen LogP contribution in [0.2, 0.25) is 0 Å². The summed E-state index contributed by atoms with van der Waals surface area (Å²) in [7, 11) is 1.59. The Balaban J connectivity index is 1.77. The fraction of sp³-hybridized carbons (Fsp3) is 0.185. The highest BCUT2D eigenvalue weighted by atomic mass is 16.5. The molecule has 0 aliphatic carbocycles. The number of carbonyl (C=O) groups excluding carboxylic acids is 2. The highest BCUT2D eigenvalue weighted by Crippen LogP contribution is 2.35. The molecule has 1 N–H and O–H groups in total. The van der Waals surface area contributed by atoms with E-state index in [1.165, 1.54) is 4.90 Å². The molecule has 0 bridgehead atoms. The van der Waals surface area contributed by atoms with Crippen molar-refractivity contribution in [2.45, 2.75) is 20.8 Å². The van der Waals surface area contributed by atoms with Gasteiger partial charge in [0, 0.05) is 5.69 Å². The normalized spacial score (nSPS) is 13.5. The van der Waals surface area contributed by atoms with Crippen molar-refractivity contribution >= 4 is 28.8 Å². The third kappa shape index (κ3) is 4.32. The summed E-state index contributed by atoms with van der Waals surface area (Å²) in [6.07, 6.45) is 0. The first-order chi connectivity index (χ1) is 15.9. The lowest BCUT2D eigenvalue weighted by Crippen LogP contribution is -2.32. The Kier molecular flexibility index (Phi) is 6.18. The number of aryl methyl sites for hydroxylation is 2. The van der Waals surface area contributed by atoms with Gasteiger partial charge in [0.05, 0.1) is 25.0 Å². The first-order valence-electron chi connectivity index (χ1n) is 10.8. The van der Waals surface area contributed by atoms with E-state index in [2.05, 4.69) is 5.32 Å². The summed E-state index contributed by atoms with van der Waals surface area (Å²) >= 11 is 0. The second-order valence-corrected chi connectivity index (χ2v) is 7.78. The molecule has 2 amide bonds. The zero-order valence-electron chi connectivity index (χ0n) is 19.1. The van der Waals surface area contributed by atoms with Crippen LogP contribution < -0.4 is 19.7 Å². The molecule has 0 unspecified atom stereocenters. The van der Waals surface area contributed by atoms with E-state index in [0.717, 1.165) is 11.1 Å². The fourth-order valence-corrected chi connectivity index (χ4v) is 3.72. The molecule has 0 aromatic heterocycles. The van der Waals surface area contributed by atoms with Gasteiger partial charge in [0.1, 0.15) is 17.2 Å². The molecule has 1 aliphatic heterocycles. The van der Waals surface area contributed by atoms with Crippen molar-refractivity contribution in [3.63, 3.8) is 0 Å². The molecule has 0 saturated carbocycles. The number of rotatable bonds is 7. The quantitative estimate of drug-likeness (QED) is 0.515. The second-order valence-electron chi connectivity index (χ2n) is 7.78. The van der Waals surface area contributed by atoms with Gasteiger partial charge in [0.25, 0.3) is 11.8 Å². The van der Waals surface area contributed by atoms with Crippen LogP contribution >= 0.6 is 0 Å². The SMILES string of the molecule is CCOc1ccc(N2C(=O)C(Nc3ccc(OC)cc3)=C(c3ccc(C)c(C)c3)C2=O)cc1. The molecule has 0 saturated heterocycles. The number of hydrogen-bond acceptors (Lipinski definition) is 5. The summed E-state index contributed by atoms with van der Waals surface area (Å²) < 4.78 is 10.7. The Morgan fingerprint density at radius 1 is 0.818 bits per heavy atom. The number of ether oxygens (including phenoxy) is 2.